The van der Waals surface area contributed by atoms with Crippen LogP contribution in [-0.2, 0) is 26.0 Å². The van der Waals surface area contributed by atoms with E-state index in [0.29, 0.717) is 42.9 Å². The quantitative estimate of drug-likeness (QED) is 0.484. The number of nitrogens with zero attached hydrogens (tertiary/aromatic N) is 2. The zero-order chi connectivity index (χ0) is 22.3. The number of rotatable bonds is 5. The van der Waals surface area contributed by atoms with Gasteiger partial charge in [0.15, 0.2) is 0 Å². The second-order valence-corrected chi connectivity index (χ2v) is 9.69. The maximum atomic E-state index is 13.1. The topological polar surface area (TPSA) is 118 Å². The minimum atomic E-state index is -3.63. The molecule has 0 aliphatic carbocycles. The Morgan fingerprint density at radius 2 is 1.84 bits per heavy atom. The van der Waals surface area contributed by atoms with E-state index in [1.165, 1.54) is 4.31 Å². The molecule has 1 aliphatic heterocycles. The molecule has 9 heteroatoms. The highest BCUT2D eigenvalue weighted by atomic mass is 32.2. The molecular weight excluding hydrogens is 428 g/mol. The van der Waals surface area contributed by atoms with Crippen LogP contribution in [0.3, 0.4) is 0 Å². The maximum Gasteiger partial charge on any atom is 0.243 e. The van der Waals surface area contributed by atoms with Gasteiger partial charge in [-0.25, -0.2) is 13.4 Å². The summed E-state index contributed by atoms with van der Waals surface area (Å²) in [5, 5.41) is 0.782. The van der Waals surface area contributed by atoms with Crippen LogP contribution in [0.1, 0.15) is 5.56 Å². The minimum Gasteiger partial charge on any atom is -0.379 e. The Bertz CT molecular complexity index is 1420. The maximum absolute atomic E-state index is 13.1. The highest BCUT2D eigenvalue weighted by Crippen LogP contribution is 2.32. The fourth-order valence-corrected chi connectivity index (χ4v) is 5.52. The number of benzene rings is 2. The lowest BCUT2D eigenvalue weighted by Gasteiger charge is -2.26. The summed E-state index contributed by atoms with van der Waals surface area (Å²) in [7, 11) is -3.63. The summed E-state index contributed by atoms with van der Waals surface area (Å²) >= 11 is 0. The third kappa shape index (κ3) is 3.64. The van der Waals surface area contributed by atoms with Crippen molar-refractivity contribution in [1.82, 2.24) is 14.3 Å². The van der Waals surface area contributed by atoms with Gasteiger partial charge < -0.3 is 15.5 Å². The Balaban J connectivity index is 1.68. The van der Waals surface area contributed by atoms with Crippen molar-refractivity contribution in [3.8, 4) is 11.3 Å². The van der Waals surface area contributed by atoms with Gasteiger partial charge in [-0.1, -0.05) is 30.3 Å². The van der Waals surface area contributed by atoms with Gasteiger partial charge in [-0.15, -0.1) is 0 Å². The van der Waals surface area contributed by atoms with E-state index in [9.17, 15) is 13.2 Å². The van der Waals surface area contributed by atoms with Gasteiger partial charge in [0.25, 0.3) is 0 Å². The number of fused-ring (bicyclic) bond motifs is 3. The summed E-state index contributed by atoms with van der Waals surface area (Å²) in [6, 6.07) is 16.5. The summed E-state index contributed by atoms with van der Waals surface area (Å²) in [5.74, 6) is -0.453. The van der Waals surface area contributed by atoms with Gasteiger partial charge in [0.05, 0.1) is 41.3 Å². The molecule has 3 N–H and O–H groups in total. The minimum absolute atomic E-state index is 0.0462. The van der Waals surface area contributed by atoms with Gasteiger partial charge >= 0.3 is 0 Å². The Morgan fingerprint density at radius 3 is 2.56 bits per heavy atom. The summed E-state index contributed by atoms with van der Waals surface area (Å²) in [6.45, 7) is 1.43. The van der Waals surface area contributed by atoms with Gasteiger partial charge in [0.2, 0.25) is 15.9 Å². The monoisotopic (exact) mass is 450 g/mol. The van der Waals surface area contributed by atoms with Gasteiger partial charge in [0, 0.05) is 29.6 Å². The van der Waals surface area contributed by atoms with Crippen molar-refractivity contribution < 1.29 is 17.9 Å². The van der Waals surface area contributed by atoms with Crippen molar-refractivity contribution in [3.63, 3.8) is 0 Å². The number of morpholine rings is 1. The number of carbonyl (C=O) groups is 1. The van der Waals surface area contributed by atoms with Gasteiger partial charge in [-0.2, -0.15) is 4.31 Å². The SMILES string of the molecule is NC(=O)Cc1cc(-c2ccccc2)nc2c1[nH]c1cc(S(=O)(=O)N3CCOCC3)ccc12. The van der Waals surface area contributed by atoms with Crippen LogP contribution in [0.25, 0.3) is 33.2 Å². The number of aromatic amines is 1. The second-order valence-electron chi connectivity index (χ2n) is 7.75. The standard InChI is InChI=1S/C23H22N4O4S/c24-21(28)13-16-12-19(15-4-2-1-3-5-15)25-23-18-7-6-17(14-20(18)26-22(16)23)32(29,30)27-8-10-31-11-9-27/h1-7,12,14,26H,8-11,13H2,(H2,24,28). The third-order valence-corrected chi connectivity index (χ3v) is 7.54. The number of hydrogen-bond donors (Lipinski definition) is 2. The lowest BCUT2D eigenvalue weighted by atomic mass is 10.0. The number of ether oxygens (including phenoxy) is 1. The number of carbonyl (C=O) groups excluding carboxylic acids is 1. The van der Waals surface area contributed by atoms with Crippen molar-refractivity contribution in [2.45, 2.75) is 11.3 Å². The number of sulfonamides is 1. The van der Waals surface area contributed by atoms with Crippen LogP contribution < -0.4 is 5.73 Å². The normalized spacial score (nSPS) is 15.4. The zero-order valence-electron chi connectivity index (χ0n) is 17.2. The fourth-order valence-electron chi connectivity index (χ4n) is 4.08. The first-order chi connectivity index (χ1) is 15.4. The molecule has 1 fully saturated rings. The number of primary amides is 1. The van der Waals surface area contributed by atoms with Crippen LogP contribution in [0, 0.1) is 0 Å². The smallest absolute Gasteiger partial charge is 0.243 e. The van der Waals surface area contributed by atoms with E-state index in [1.807, 2.05) is 36.4 Å². The molecule has 32 heavy (non-hydrogen) atoms. The molecule has 0 spiro atoms. The number of aromatic nitrogens is 2. The number of H-pyrrole nitrogens is 1. The average Bonchev–Trinajstić information content (AvgIpc) is 3.18. The van der Waals surface area contributed by atoms with E-state index in [2.05, 4.69) is 4.98 Å². The molecule has 0 atom stereocenters. The van der Waals surface area contributed by atoms with Crippen LogP contribution in [0.4, 0.5) is 0 Å². The second kappa shape index (κ2) is 8.01. The van der Waals surface area contributed by atoms with Crippen molar-refractivity contribution in [3.05, 3.63) is 60.2 Å². The van der Waals surface area contributed by atoms with Gasteiger partial charge in [-0.3, -0.25) is 4.79 Å². The molecule has 4 aromatic rings. The van der Waals surface area contributed by atoms with Gasteiger partial charge in [0.1, 0.15) is 0 Å². The third-order valence-electron chi connectivity index (χ3n) is 5.65. The fraction of sp³-hybridized carbons (Fsp3) is 0.217. The molecular formula is C23H22N4O4S. The number of nitrogens with two attached hydrogens (primary N) is 1. The Morgan fingerprint density at radius 1 is 1.09 bits per heavy atom. The zero-order valence-corrected chi connectivity index (χ0v) is 18.1. The molecule has 0 bridgehead atoms. The molecule has 5 rings (SSSR count). The van der Waals surface area contributed by atoms with Crippen LogP contribution >= 0.6 is 0 Å². The van der Waals surface area contributed by atoms with Crippen LogP contribution in [0.2, 0.25) is 0 Å². The first-order valence-electron chi connectivity index (χ1n) is 10.3. The van der Waals surface area contributed by atoms with Crippen LogP contribution in [0.15, 0.2) is 59.5 Å². The van der Waals surface area contributed by atoms with Crippen molar-refractivity contribution in [2.75, 3.05) is 26.3 Å². The summed E-state index contributed by atoms with van der Waals surface area (Å²) < 4.78 is 32.9. The van der Waals surface area contributed by atoms with Crippen molar-refractivity contribution >= 4 is 37.9 Å². The van der Waals surface area contributed by atoms with E-state index in [-0.39, 0.29) is 11.3 Å². The predicted octanol–water partition coefficient (Wildman–Crippen LogP) is 2.43. The molecule has 3 heterocycles. The Hall–Kier alpha value is -3.27. The predicted molar refractivity (Wildman–Crippen MR) is 122 cm³/mol. The molecule has 1 aliphatic rings. The molecule has 0 unspecified atom stereocenters. The summed E-state index contributed by atoms with van der Waals surface area (Å²) in [5.41, 5.74) is 9.84. The summed E-state index contributed by atoms with van der Waals surface area (Å²) in [4.78, 5) is 20.0. The number of pyridine rings is 1. The van der Waals surface area contributed by atoms with E-state index < -0.39 is 15.9 Å². The molecule has 8 nitrogen and oxygen atoms in total. The molecule has 0 saturated carbocycles. The number of nitrogens with one attached hydrogen (secondary N) is 1. The van der Waals surface area contributed by atoms with E-state index in [4.69, 9.17) is 15.5 Å². The highest BCUT2D eigenvalue weighted by molar-refractivity contribution is 7.89. The number of amides is 1. The van der Waals surface area contributed by atoms with Crippen LogP contribution in [-0.4, -0.2) is 54.9 Å². The van der Waals surface area contributed by atoms with E-state index in [0.717, 1.165) is 22.2 Å². The number of hydrogen-bond acceptors (Lipinski definition) is 5. The summed E-state index contributed by atoms with van der Waals surface area (Å²) in [6.07, 6.45) is 0.0462. The molecule has 1 amide bonds. The van der Waals surface area contributed by atoms with E-state index >= 15 is 0 Å². The first kappa shape index (κ1) is 20.6. The molecule has 1 saturated heterocycles. The molecule has 164 valence electrons. The largest absolute Gasteiger partial charge is 0.379 e. The highest BCUT2D eigenvalue weighted by Gasteiger charge is 2.27. The lowest BCUT2D eigenvalue weighted by Crippen LogP contribution is -2.40. The van der Waals surface area contributed by atoms with E-state index in [1.54, 1.807) is 18.2 Å². The van der Waals surface area contributed by atoms with Gasteiger partial charge in [-0.05, 0) is 29.8 Å². The molecule has 0 radical (unpaired) electrons. The van der Waals surface area contributed by atoms with Crippen molar-refractivity contribution in [2.24, 2.45) is 5.73 Å². The molecule has 2 aromatic heterocycles. The van der Waals surface area contributed by atoms with Crippen LogP contribution in [0.5, 0.6) is 0 Å². The first-order valence-corrected chi connectivity index (χ1v) is 11.7. The average molecular weight is 451 g/mol. The Labute approximate surface area is 185 Å². The molecule has 2 aromatic carbocycles. The van der Waals surface area contributed by atoms with Crippen molar-refractivity contribution in [1.29, 1.82) is 0 Å². The Kier molecular flexibility index (Phi) is 5.16. The lowest BCUT2D eigenvalue weighted by molar-refractivity contribution is -0.117.